The van der Waals surface area contributed by atoms with E-state index in [0.717, 1.165) is 18.6 Å². The molecule has 1 atom stereocenters. The molecule has 0 aromatic rings. The van der Waals surface area contributed by atoms with E-state index in [1.807, 2.05) is 0 Å². The first-order chi connectivity index (χ1) is 6.38. The Morgan fingerprint density at radius 1 is 1.36 bits per heavy atom. The average molecular weight is 202 g/mol. The van der Waals surface area contributed by atoms with Crippen LogP contribution in [0.5, 0.6) is 0 Å². The van der Waals surface area contributed by atoms with Crippen LogP contribution < -0.4 is 0 Å². The summed E-state index contributed by atoms with van der Waals surface area (Å²) < 4.78 is 36.1. The van der Waals surface area contributed by atoms with E-state index < -0.39 is 12.1 Å². The summed E-state index contributed by atoms with van der Waals surface area (Å²) >= 11 is 0. The molecular weight excluding hydrogens is 189 g/mol. The van der Waals surface area contributed by atoms with Crippen molar-refractivity contribution in [3.05, 3.63) is 23.8 Å². The van der Waals surface area contributed by atoms with Crippen LogP contribution in [0.25, 0.3) is 0 Å². The van der Waals surface area contributed by atoms with Gasteiger partial charge in [0.25, 0.3) is 0 Å². The van der Waals surface area contributed by atoms with E-state index in [1.54, 1.807) is 19.9 Å². The lowest BCUT2D eigenvalue weighted by Crippen LogP contribution is -2.17. The first-order valence-electron chi connectivity index (χ1n) is 4.22. The lowest BCUT2D eigenvalue weighted by Gasteiger charge is -2.09. The summed E-state index contributed by atoms with van der Waals surface area (Å²) in [7, 11) is 0. The van der Waals surface area contributed by atoms with Gasteiger partial charge in [-0.05, 0) is 19.4 Å². The summed E-state index contributed by atoms with van der Waals surface area (Å²) in [6.45, 7) is 4.55. The van der Waals surface area contributed by atoms with Gasteiger partial charge in [-0.2, -0.15) is 13.2 Å². The van der Waals surface area contributed by atoms with Gasteiger partial charge in [0.05, 0.1) is 5.92 Å². The Balaban J connectivity index is 4.31. The van der Waals surface area contributed by atoms with Crippen molar-refractivity contribution < 1.29 is 13.2 Å². The normalized spacial score (nSPS) is 15.1. The van der Waals surface area contributed by atoms with Crippen molar-refractivity contribution in [1.29, 1.82) is 0 Å². The minimum atomic E-state index is -4.16. The van der Waals surface area contributed by atoms with Crippen LogP contribution in [0.4, 0.5) is 13.2 Å². The van der Waals surface area contributed by atoms with E-state index in [1.165, 1.54) is 6.08 Å². The first kappa shape index (κ1) is 12.8. The molecule has 0 saturated carbocycles. The van der Waals surface area contributed by atoms with E-state index in [2.05, 4.69) is 11.8 Å². The third-order valence-corrected chi connectivity index (χ3v) is 1.58. The summed E-state index contributed by atoms with van der Waals surface area (Å²) in [4.78, 5) is 0. The summed E-state index contributed by atoms with van der Waals surface area (Å²) in [6, 6.07) is 0. The summed E-state index contributed by atoms with van der Waals surface area (Å²) in [6.07, 6.45) is -0.0912. The molecule has 0 bridgehead atoms. The van der Waals surface area contributed by atoms with Gasteiger partial charge in [0.15, 0.2) is 0 Å². The highest BCUT2D eigenvalue weighted by atomic mass is 19.4. The molecular formula is C11H13F3. The van der Waals surface area contributed by atoms with Gasteiger partial charge in [-0.1, -0.05) is 31.1 Å². The minimum absolute atomic E-state index is 0.748. The predicted molar refractivity (Wildman–Crippen MR) is 51.6 cm³/mol. The lowest BCUT2D eigenvalue weighted by molar-refractivity contribution is -0.156. The molecule has 3 heteroatoms. The third-order valence-electron chi connectivity index (χ3n) is 1.58. The Morgan fingerprint density at radius 3 is 2.36 bits per heavy atom. The van der Waals surface area contributed by atoms with Crippen molar-refractivity contribution in [2.24, 2.45) is 5.92 Å². The van der Waals surface area contributed by atoms with Gasteiger partial charge in [-0.3, -0.25) is 0 Å². The number of alkyl halides is 3. The Kier molecular flexibility index (Phi) is 5.07. The Hall–Kier alpha value is -1.17. The Bertz CT molecular complexity index is 284. The van der Waals surface area contributed by atoms with Gasteiger partial charge >= 0.3 is 6.18 Å². The van der Waals surface area contributed by atoms with Gasteiger partial charge < -0.3 is 0 Å². The topological polar surface area (TPSA) is 0 Å². The highest BCUT2D eigenvalue weighted by Gasteiger charge is 2.33. The van der Waals surface area contributed by atoms with Crippen LogP contribution in [0.15, 0.2) is 23.8 Å². The average Bonchev–Trinajstić information content (AvgIpc) is 2.02. The molecule has 78 valence electrons. The molecule has 0 amide bonds. The molecule has 0 saturated heterocycles. The van der Waals surface area contributed by atoms with Crippen LogP contribution in [0, 0.1) is 17.8 Å². The molecule has 0 aliphatic heterocycles. The van der Waals surface area contributed by atoms with Gasteiger partial charge in [-0.15, -0.1) is 5.92 Å². The van der Waals surface area contributed by atoms with Crippen LogP contribution >= 0.6 is 0 Å². The first-order valence-corrected chi connectivity index (χ1v) is 4.22. The van der Waals surface area contributed by atoms with E-state index in [0.29, 0.717) is 0 Å². The van der Waals surface area contributed by atoms with Crippen molar-refractivity contribution in [1.82, 2.24) is 0 Å². The Morgan fingerprint density at radius 2 is 1.93 bits per heavy atom. The molecule has 0 aromatic carbocycles. The lowest BCUT2D eigenvalue weighted by atomic mass is 10.1. The predicted octanol–water partition coefficient (Wildman–Crippen LogP) is 3.71. The van der Waals surface area contributed by atoms with Gasteiger partial charge in [-0.25, -0.2) is 0 Å². The van der Waals surface area contributed by atoms with Crippen LogP contribution in [-0.4, -0.2) is 6.18 Å². The molecule has 0 spiro atoms. The van der Waals surface area contributed by atoms with Crippen molar-refractivity contribution in [3.8, 4) is 11.8 Å². The van der Waals surface area contributed by atoms with Crippen LogP contribution in [0.1, 0.15) is 20.8 Å². The monoisotopic (exact) mass is 202 g/mol. The smallest absolute Gasteiger partial charge is 0.170 e. The zero-order chi connectivity index (χ0) is 11.2. The summed E-state index contributed by atoms with van der Waals surface area (Å²) in [5, 5.41) is 0. The zero-order valence-electron chi connectivity index (χ0n) is 8.44. The Labute approximate surface area is 82.5 Å². The minimum Gasteiger partial charge on any atom is -0.170 e. The second-order valence-corrected chi connectivity index (χ2v) is 2.94. The van der Waals surface area contributed by atoms with Crippen molar-refractivity contribution in [2.75, 3.05) is 0 Å². The van der Waals surface area contributed by atoms with Crippen molar-refractivity contribution in [3.63, 3.8) is 0 Å². The molecule has 0 radical (unpaired) electrons. The van der Waals surface area contributed by atoms with E-state index in [9.17, 15) is 13.2 Å². The standard InChI is InChI=1S/C11H13F3/c1-4-6-9(2)7-5-8-10(3)11(12,13)14/h5,7-8,10H,1-3H3/b8-5-,9-7-. The largest absolute Gasteiger partial charge is 0.394 e. The maximum Gasteiger partial charge on any atom is 0.394 e. The van der Waals surface area contributed by atoms with Crippen LogP contribution in [0.3, 0.4) is 0 Å². The fraction of sp³-hybridized carbons (Fsp3) is 0.455. The van der Waals surface area contributed by atoms with Crippen LogP contribution in [0.2, 0.25) is 0 Å². The maximum atomic E-state index is 12.0. The second-order valence-electron chi connectivity index (χ2n) is 2.94. The van der Waals surface area contributed by atoms with Crippen LogP contribution in [-0.2, 0) is 0 Å². The fourth-order valence-electron chi connectivity index (χ4n) is 0.715. The molecule has 0 nitrogen and oxygen atoms in total. The number of halogens is 3. The van der Waals surface area contributed by atoms with Crippen molar-refractivity contribution in [2.45, 2.75) is 26.9 Å². The van der Waals surface area contributed by atoms with Gasteiger partial charge in [0.2, 0.25) is 0 Å². The molecule has 0 aromatic heterocycles. The molecule has 14 heavy (non-hydrogen) atoms. The van der Waals surface area contributed by atoms with E-state index >= 15 is 0 Å². The summed E-state index contributed by atoms with van der Waals surface area (Å²) in [5.74, 6) is 3.98. The fourth-order valence-corrected chi connectivity index (χ4v) is 0.715. The number of allylic oxidation sites excluding steroid dienone is 4. The second kappa shape index (κ2) is 5.54. The number of rotatable bonds is 2. The molecule has 0 heterocycles. The molecule has 0 aliphatic rings. The highest BCUT2D eigenvalue weighted by molar-refractivity contribution is 5.29. The molecule has 1 unspecified atom stereocenters. The SMILES string of the molecule is CC#C/C(C)=C\C=C/C(C)C(F)(F)F. The quantitative estimate of drug-likeness (QED) is 0.473. The molecule has 0 N–H and O–H groups in total. The molecule has 0 fully saturated rings. The van der Waals surface area contributed by atoms with Gasteiger partial charge in [0.1, 0.15) is 0 Å². The number of hydrogen-bond acceptors (Lipinski definition) is 0. The molecule has 0 aliphatic carbocycles. The maximum absolute atomic E-state index is 12.0. The summed E-state index contributed by atoms with van der Waals surface area (Å²) in [5.41, 5.74) is 0.748. The highest BCUT2D eigenvalue weighted by Crippen LogP contribution is 2.26. The third kappa shape index (κ3) is 5.47. The van der Waals surface area contributed by atoms with Gasteiger partial charge in [0, 0.05) is 0 Å². The van der Waals surface area contributed by atoms with E-state index in [-0.39, 0.29) is 0 Å². The van der Waals surface area contributed by atoms with Crippen molar-refractivity contribution >= 4 is 0 Å². The number of hydrogen-bond donors (Lipinski definition) is 0. The zero-order valence-corrected chi connectivity index (χ0v) is 8.44. The molecule has 0 rings (SSSR count). The van der Waals surface area contributed by atoms with E-state index in [4.69, 9.17) is 0 Å².